The normalized spacial score (nSPS) is 16.8. The second-order valence-electron chi connectivity index (χ2n) is 7.69. The van der Waals surface area contributed by atoms with Crippen molar-refractivity contribution in [1.82, 2.24) is 9.97 Å². The van der Waals surface area contributed by atoms with E-state index in [-0.39, 0.29) is 5.41 Å². The summed E-state index contributed by atoms with van der Waals surface area (Å²) in [4.78, 5) is 13.0. The maximum Gasteiger partial charge on any atom is 0.106 e. The van der Waals surface area contributed by atoms with Gasteiger partial charge in [0, 0.05) is 34.9 Å². The minimum Gasteiger partial charge on any atom is -0.399 e. The maximum atomic E-state index is 5.19. The number of para-hydroxylation sites is 1. The van der Waals surface area contributed by atoms with E-state index in [1.54, 1.807) is 7.11 Å². The Kier molecular flexibility index (Phi) is 4.44. The smallest absolute Gasteiger partial charge is 0.106 e. The van der Waals surface area contributed by atoms with Crippen LogP contribution >= 0.6 is 0 Å². The summed E-state index contributed by atoms with van der Waals surface area (Å²) in [5.74, 6) is 0. The number of pyridine rings is 1. The van der Waals surface area contributed by atoms with Gasteiger partial charge in [-0.2, -0.15) is 0 Å². The van der Waals surface area contributed by atoms with E-state index in [4.69, 9.17) is 4.84 Å². The summed E-state index contributed by atoms with van der Waals surface area (Å²) in [6.45, 7) is 4.52. The minimum atomic E-state index is 0.120. The van der Waals surface area contributed by atoms with Crippen LogP contribution in [-0.2, 0) is 11.3 Å². The van der Waals surface area contributed by atoms with Crippen molar-refractivity contribution in [2.45, 2.75) is 26.7 Å². The molecule has 1 aromatic carbocycles. The third-order valence-corrected chi connectivity index (χ3v) is 4.88. The quantitative estimate of drug-likeness (QED) is 0.633. The topological polar surface area (TPSA) is 62.3 Å². The van der Waals surface area contributed by atoms with Crippen LogP contribution in [0.4, 0.5) is 11.4 Å². The van der Waals surface area contributed by atoms with E-state index in [1.807, 2.05) is 42.7 Å². The van der Waals surface area contributed by atoms with E-state index in [0.29, 0.717) is 0 Å². The van der Waals surface area contributed by atoms with Gasteiger partial charge in [0.25, 0.3) is 0 Å². The fourth-order valence-corrected chi connectivity index (χ4v) is 3.80. The number of nitrogens with zero attached hydrogens (tertiary/aromatic N) is 2. The van der Waals surface area contributed by atoms with Crippen LogP contribution in [-0.4, -0.2) is 22.8 Å². The zero-order valence-electron chi connectivity index (χ0n) is 15.9. The van der Waals surface area contributed by atoms with Gasteiger partial charge in [0.05, 0.1) is 17.1 Å². The monoisotopic (exact) mass is 360 g/mol. The van der Waals surface area contributed by atoms with Gasteiger partial charge in [0.15, 0.2) is 0 Å². The molecule has 0 spiro atoms. The van der Waals surface area contributed by atoms with E-state index in [9.17, 15) is 0 Å². The van der Waals surface area contributed by atoms with E-state index < -0.39 is 0 Å². The number of hydrogen-bond acceptors (Lipinski definition) is 4. The molecule has 0 amide bonds. The average Bonchev–Trinajstić information content (AvgIpc) is 3.00. The van der Waals surface area contributed by atoms with Crippen LogP contribution in [0.25, 0.3) is 11.3 Å². The Morgan fingerprint density at radius 2 is 1.81 bits per heavy atom. The standard InChI is InChI=1S/C22H24N4O/c1-22(2)13-17-19(18(14-22)26-27-3)21(24-16-7-5-4-6-8-16)20(25-17)15-9-11-23-12-10-15/h4-12,24-25H,13-14H2,1-3H3/b26-18+. The highest BCUT2D eigenvalue weighted by Gasteiger charge is 2.35. The van der Waals surface area contributed by atoms with Gasteiger partial charge in [-0.15, -0.1) is 0 Å². The fourth-order valence-electron chi connectivity index (χ4n) is 3.80. The molecule has 0 unspecified atom stereocenters. The largest absolute Gasteiger partial charge is 0.399 e. The van der Waals surface area contributed by atoms with Gasteiger partial charge in [0.2, 0.25) is 0 Å². The Morgan fingerprint density at radius 3 is 2.52 bits per heavy atom. The molecule has 0 aliphatic heterocycles. The lowest BCUT2D eigenvalue weighted by atomic mass is 9.75. The first-order valence-corrected chi connectivity index (χ1v) is 9.15. The lowest BCUT2D eigenvalue weighted by Crippen LogP contribution is -2.27. The molecule has 0 atom stereocenters. The number of oxime groups is 1. The van der Waals surface area contributed by atoms with E-state index in [1.165, 1.54) is 5.69 Å². The number of anilines is 2. The number of hydrogen-bond donors (Lipinski definition) is 2. The number of fused-ring (bicyclic) bond motifs is 1. The van der Waals surface area contributed by atoms with Crippen LogP contribution in [0, 0.1) is 5.41 Å². The van der Waals surface area contributed by atoms with Crippen molar-refractivity contribution in [3.63, 3.8) is 0 Å². The Morgan fingerprint density at radius 1 is 1.07 bits per heavy atom. The molecule has 5 heteroatoms. The Balaban J connectivity index is 1.91. The number of benzene rings is 1. The second-order valence-corrected chi connectivity index (χ2v) is 7.69. The summed E-state index contributed by atoms with van der Waals surface area (Å²) in [6, 6.07) is 14.2. The highest BCUT2D eigenvalue weighted by molar-refractivity contribution is 6.10. The maximum absolute atomic E-state index is 5.19. The molecule has 2 aromatic heterocycles. The number of aromatic amines is 1. The summed E-state index contributed by atoms with van der Waals surface area (Å²) >= 11 is 0. The molecular formula is C22H24N4O. The lowest BCUT2D eigenvalue weighted by Gasteiger charge is -2.30. The molecule has 27 heavy (non-hydrogen) atoms. The number of H-pyrrole nitrogens is 1. The van der Waals surface area contributed by atoms with Crippen LogP contribution in [0.2, 0.25) is 0 Å². The van der Waals surface area contributed by atoms with Crippen molar-refractivity contribution in [2.75, 3.05) is 12.4 Å². The highest BCUT2D eigenvalue weighted by Crippen LogP contribution is 2.43. The molecule has 1 aliphatic rings. The fraction of sp³-hybridized carbons (Fsp3) is 0.273. The van der Waals surface area contributed by atoms with E-state index in [0.717, 1.165) is 46.7 Å². The third-order valence-electron chi connectivity index (χ3n) is 4.88. The summed E-state index contributed by atoms with van der Waals surface area (Å²) in [5, 5.41) is 7.98. The van der Waals surface area contributed by atoms with E-state index >= 15 is 0 Å². The van der Waals surface area contributed by atoms with Crippen molar-refractivity contribution in [2.24, 2.45) is 10.6 Å². The van der Waals surface area contributed by atoms with E-state index in [2.05, 4.69) is 46.4 Å². The molecule has 4 rings (SSSR count). The molecule has 0 radical (unpaired) electrons. The van der Waals surface area contributed by atoms with Crippen molar-refractivity contribution in [1.29, 1.82) is 0 Å². The predicted octanol–water partition coefficient (Wildman–Crippen LogP) is 5.14. The molecule has 5 nitrogen and oxygen atoms in total. The van der Waals surface area contributed by atoms with Crippen LogP contribution in [0.15, 0.2) is 60.0 Å². The summed E-state index contributed by atoms with van der Waals surface area (Å²) < 4.78 is 0. The summed E-state index contributed by atoms with van der Waals surface area (Å²) in [5.41, 5.74) is 7.61. The van der Waals surface area contributed by atoms with Gasteiger partial charge >= 0.3 is 0 Å². The van der Waals surface area contributed by atoms with Crippen LogP contribution < -0.4 is 5.32 Å². The molecule has 3 aromatic rings. The first kappa shape index (κ1) is 17.3. The summed E-state index contributed by atoms with van der Waals surface area (Å²) in [7, 11) is 1.61. The van der Waals surface area contributed by atoms with Crippen molar-refractivity contribution >= 4 is 17.1 Å². The van der Waals surface area contributed by atoms with Crippen molar-refractivity contribution in [3.05, 3.63) is 66.1 Å². The second kappa shape index (κ2) is 6.91. The lowest BCUT2D eigenvalue weighted by molar-refractivity contribution is 0.210. The molecular weight excluding hydrogens is 336 g/mol. The average molecular weight is 360 g/mol. The Labute approximate surface area is 159 Å². The molecule has 2 heterocycles. The molecule has 2 N–H and O–H groups in total. The first-order valence-electron chi connectivity index (χ1n) is 9.15. The van der Waals surface area contributed by atoms with Gasteiger partial charge in [0.1, 0.15) is 7.11 Å². The number of rotatable bonds is 4. The molecule has 0 bridgehead atoms. The first-order chi connectivity index (χ1) is 13.1. The zero-order chi connectivity index (χ0) is 18.9. The molecule has 0 saturated heterocycles. The Bertz CT molecular complexity index is 959. The Hall–Kier alpha value is -3.08. The SMILES string of the molecule is CO/N=C1\CC(C)(C)Cc2[nH]c(-c3ccncc3)c(Nc3ccccc3)c21. The zero-order valence-corrected chi connectivity index (χ0v) is 15.9. The van der Waals surface area contributed by atoms with Crippen LogP contribution in [0.3, 0.4) is 0 Å². The molecule has 138 valence electrons. The predicted molar refractivity (Wildman–Crippen MR) is 109 cm³/mol. The number of nitrogens with one attached hydrogen (secondary N) is 2. The minimum absolute atomic E-state index is 0.120. The number of aromatic nitrogens is 2. The van der Waals surface area contributed by atoms with Gasteiger partial charge in [-0.25, -0.2) is 0 Å². The van der Waals surface area contributed by atoms with Gasteiger partial charge in [-0.3, -0.25) is 4.98 Å². The third kappa shape index (κ3) is 3.45. The molecule has 0 fully saturated rings. The highest BCUT2D eigenvalue weighted by atomic mass is 16.6. The van der Waals surface area contributed by atoms with Crippen molar-refractivity contribution < 1.29 is 4.84 Å². The van der Waals surface area contributed by atoms with Crippen LogP contribution in [0.1, 0.15) is 31.5 Å². The molecule has 1 aliphatic carbocycles. The van der Waals surface area contributed by atoms with Gasteiger partial charge in [-0.05, 0) is 42.5 Å². The van der Waals surface area contributed by atoms with Crippen molar-refractivity contribution in [3.8, 4) is 11.3 Å². The molecule has 0 saturated carbocycles. The van der Waals surface area contributed by atoms with Crippen LogP contribution in [0.5, 0.6) is 0 Å². The van der Waals surface area contributed by atoms with Gasteiger partial charge < -0.3 is 15.1 Å². The van der Waals surface area contributed by atoms with Gasteiger partial charge in [-0.1, -0.05) is 37.2 Å². The summed E-state index contributed by atoms with van der Waals surface area (Å²) in [6.07, 6.45) is 5.45.